The molecule has 5 radical (unpaired) electrons. The highest BCUT2D eigenvalue weighted by Crippen LogP contribution is 2.63. The van der Waals surface area contributed by atoms with Gasteiger partial charge in [0.2, 0.25) is 5.91 Å². The van der Waals surface area contributed by atoms with Crippen LogP contribution in [0.15, 0.2) is 84.9 Å². The van der Waals surface area contributed by atoms with E-state index in [1.165, 1.54) is 6.92 Å². The Labute approximate surface area is 172 Å². The first-order chi connectivity index (χ1) is 14.1. The zero-order valence-electron chi connectivity index (χ0n) is 16.1. The molecule has 0 heterocycles. The number of hydrogen-bond acceptors (Lipinski definition) is 2. The Bertz CT molecular complexity index is 989. The molecule has 4 heteroatoms. The number of carbonyl (C=O) groups excluding carboxylic acids is 1. The van der Waals surface area contributed by atoms with Crippen molar-refractivity contribution in [3.8, 4) is 0 Å². The molecule has 143 valence electrons. The zero-order valence-corrected chi connectivity index (χ0v) is 17.0. The third kappa shape index (κ3) is 3.80. The Morgan fingerprint density at radius 3 is 1.90 bits per heavy atom. The topological polar surface area (TPSA) is 46.2 Å². The van der Waals surface area contributed by atoms with E-state index in [1.54, 1.807) is 0 Å². The summed E-state index contributed by atoms with van der Waals surface area (Å²) in [6, 6.07) is 26.8. The van der Waals surface area contributed by atoms with Crippen molar-refractivity contribution in [1.82, 2.24) is 0 Å². The molecule has 3 aromatic carbocycles. The minimum absolute atomic E-state index is 0.139. The van der Waals surface area contributed by atoms with Gasteiger partial charge in [0.05, 0.1) is 5.66 Å². The summed E-state index contributed by atoms with van der Waals surface area (Å²) < 4.78 is 14.7. The Hall–Kier alpha value is -2.64. The lowest BCUT2D eigenvalue weighted by molar-refractivity contribution is -0.114. The predicted molar refractivity (Wildman–Crippen MR) is 119 cm³/mol. The van der Waals surface area contributed by atoms with Crippen molar-refractivity contribution in [2.24, 2.45) is 0 Å². The summed E-state index contributed by atoms with van der Waals surface area (Å²) in [5.41, 5.74) is 2.34. The lowest BCUT2D eigenvalue weighted by Crippen LogP contribution is -2.24. The number of benzene rings is 3. The molecule has 4 rings (SSSR count). The van der Waals surface area contributed by atoms with Gasteiger partial charge in [-0.2, -0.15) is 0 Å². The number of nitrogens with one attached hydrogen (secondary N) is 1. The van der Waals surface area contributed by atoms with Gasteiger partial charge in [-0.1, -0.05) is 78.9 Å². The maximum Gasteiger partial charge on any atom is 0.221 e. The van der Waals surface area contributed by atoms with E-state index in [0.717, 1.165) is 27.7 Å². The summed E-state index contributed by atoms with van der Waals surface area (Å²) in [5.74, 6) is 0.727. The Balaban J connectivity index is 1.84. The van der Waals surface area contributed by atoms with E-state index in [1.807, 2.05) is 104 Å². The van der Waals surface area contributed by atoms with Crippen molar-refractivity contribution < 1.29 is 9.36 Å². The third-order valence-corrected chi connectivity index (χ3v) is 8.02. The van der Waals surface area contributed by atoms with Gasteiger partial charge >= 0.3 is 0 Å². The van der Waals surface area contributed by atoms with Crippen LogP contribution in [-0.2, 0) is 9.36 Å². The first kappa shape index (κ1) is 19.7. The van der Waals surface area contributed by atoms with E-state index in [0.29, 0.717) is 5.69 Å². The molecule has 0 bridgehead atoms. The summed E-state index contributed by atoms with van der Waals surface area (Å²) in [7, 11) is -3.10. The van der Waals surface area contributed by atoms with Crippen LogP contribution >= 0.6 is 7.14 Å². The molecule has 1 aliphatic carbocycles. The summed E-state index contributed by atoms with van der Waals surface area (Å²) in [4.78, 5) is 11.7. The van der Waals surface area contributed by atoms with Gasteiger partial charge in [0, 0.05) is 29.1 Å². The van der Waals surface area contributed by atoms with Crippen LogP contribution in [0.3, 0.4) is 0 Å². The van der Waals surface area contributed by atoms with Crippen molar-refractivity contribution >= 4 is 29.3 Å². The molecule has 0 atom stereocenters. The normalized spacial score (nSPS) is 15.3. The van der Waals surface area contributed by atoms with Crippen molar-refractivity contribution in [2.45, 2.75) is 6.92 Å². The van der Waals surface area contributed by atoms with Crippen LogP contribution < -0.4 is 15.9 Å². The molecule has 1 N–H and O–H groups in total. The molecule has 0 spiro atoms. The fourth-order valence-electron chi connectivity index (χ4n) is 3.63. The van der Waals surface area contributed by atoms with E-state index in [-0.39, 0.29) is 5.91 Å². The zero-order chi connectivity index (χ0) is 20.3. The summed E-state index contributed by atoms with van der Waals surface area (Å²) in [6.45, 7) is 1.49. The second-order valence-corrected chi connectivity index (χ2v) is 9.56. The average Bonchev–Trinajstić information content (AvgIpc) is 3.24. The van der Waals surface area contributed by atoms with E-state index < -0.39 is 7.14 Å². The van der Waals surface area contributed by atoms with Crippen molar-refractivity contribution in [3.05, 3.63) is 121 Å². The summed E-state index contributed by atoms with van der Waals surface area (Å²) in [6.07, 6.45) is 5.82. The molecular weight excluding hydrogens is 377 g/mol. The second kappa shape index (κ2) is 8.39. The molecule has 29 heavy (non-hydrogen) atoms. The van der Waals surface area contributed by atoms with Gasteiger partial charge in [-0.25, -0.2) is 0 Å². The Morgan fingerprint density at radius 1 is 0.759 bits per heavy atom. The van der Waals surface area contributed by atoms with Crippen LogP contribution in [0.25, 0.3) is 0 Å². The largest absolute Gasteiger partial charge is 0.326 e. The highest BCUT2D eigenvalue weighted by atomic mass is 31.2. The summed E-state index contributed by atoms with van der Waals surface area (Å²) in [5, 5.41) is 4.47. The quantitative estimate of drug-likeness (QED) is 0.631. The molecule has 1 amide bonds. The van der Waals surface area contributed by atoms with Crippen molar-refractivity contribution in [3.63, 3.8) is 0 Å². The minimum Gasteiger partial charge on any atom is -0.326 e. The lowest BCUT2D eigenvalue weighted by Gasteiger charge is -2.30. The lowest BCUT2D eigenvalue weighted by atomic mass is 9.95. The molecule has 3 aromatic rings. The van der Waals surface area contributed by atoms with Gasteiger partial charge in [-0.05, 0) is 30.9 Å². The van der Waals surface area contributed by atoms with Crippen molar-refractivity contribution in [1.29, 1.82) is 0 Å². The fourth-order valence-corrected chi connectivity index (χ4v) is 6.50. The SMILES string of the molecule is CC(=O)Nc1ccccc1[C]1[CH][CH][CH][C]1P(=O)(c1ccccc1)c1ccccc1. The smallest absolute Gasteiger partial charge is 0.221 e. The number of para-hydroxylation sites is 1. The first-order valence-corrected chi connectivity index (χ1v) is 11.2. The summed E-state index contributed by atoms with van der Waals surface area (Å²) >= 11 is 0. The van der Waals surface area contributed by atoms with Crippen LogP contribution in [0.1, 0.15) is 12.5 Å². The van der Waals surface area contributed by atoms with Gasteiger partial charge in [0.1, 0.15) is 0 Å². The highest BCUT2D eigenvalue weighted by Gasteiger charge is 2.46. The van der Waals surface area contributed by atoms with Crippen molar-refractivity contribution in [2.75, 3.05) is 5.32 Å². The van der Waals surface area contributed by atoms with E-state index >= 15 is 0 Å². The molecule has 1 saturated carbocycles. The number of amides is 1. The van der Waals surface area contributed by atoms with Crippen LogP contribution in [0, 0.1) is 30.8 Å². The van der Waals surface area contributed by atoms with Gasteiger partial charge in [0.25, 0.3) is 0 Å². The highest BCUT2D eigenvalue weighted by molar-refractivity contribution is 7.81. The van der Waals surface area contributed by atoms with Crippen LogP contribution in [-0.4, -0.2) is 5.91 Å². The standard InChI is InChI=1S/C25H21NO2P/c1-19(27)26-24-17-9-8-15-22(24)23-16-10-18-25(23)29(28,20-11-4-2-5-12-20)21-13-6-3-7-14-21/h2-18H,1H3,(H,26,27). The monoisotopic (exact) mass is 398 g/mol. The molecule has 1 aliphatic rings. The van der Waals surface area contributed by atoms with E-state index in [4.69, 9.17) is 0 Å². The minimum atomic E-state index is -3.10. The Morgan fingerprint density at radius 2 is 1.31 bits per heavy atom. The molecule has 0 unspecified atom stereocenters. The fraction of sp³-hybridized carbons (Fsp3) is 0.0400. The van der Waals surface area contributed by atoms with Crippen LogP contribution in [0.4, 0.5) is 5.69 Å². The predicted octanol–water partition coefficient (Wildman–Crippen LogP) is 4.74. The number of anilines is 1. The second-order valence-electron chi connectivity index (χ2n) is 6.83. The third-order valence-electron chi connectivity index (χ3n) is 4.90. The first-order valence-electron chi connectivity index (χ1n) is 9.45. The maximum atomic E-state index is 14.7. The van der Waals surface area contributed by atoms with Gasteiger partial charge in [0.15, 0.2) is 7.14 Å². The van der Waals surface area contributed by atoms with Crippen LogP contribution in [0.2, 0.25) is 0 Å². The molecule has 0 saturated heterocycles. The molecule has 0 aromatic heterocycles. The molecule has 1 fully saturated rings. The molecule has 0 aliphatic heterocycles. The molecular formula is C25H21NO2P. The van der Waals surface area contributed by atoms with Gasteiger partial charge in [-0.15, -0.1) is 0 Å². The number of carbonyl (C=O) groups is 1. The average molecular weight is 398 g/mol. The van der Waals surface area contributed by atoms with E-state index in [9.17, 15) is 9.36 Å². The Kier molecular flexibility index (Phi) is 5.69. The van der Waals surface area contributed by atoms with Gasteiger partial charge < -0.3 is 9.88 Å². The maximum absolute atomic E-state index is 14.7. The van der Waals surface area contributed by atoms with E-state index in [2.05, 4.69) is 5.32 Å². The number of rotatable bonds is 5. The van der Waals surface area contributed by atoms with Gasteiger partial charge in [-0.3, -0.25) is 4.79 Å². The van der Waals surface area contributed by atoms with Crippen LogP contribution in [0.5, 0.6) is 0 Å². The number of hydrogen-bond donors (Lipinski definition) is 1. The molecule has 3 nitrogen and oxygen atoms in total.